The molecule has 1 amide bonds. The number of amides is 1. The molecule has 0 saturated carbocycles. The summed E-state index contributed by atoms with van der Waals surface area (Å²) >= 11 is 0. The van der Waals surface area contributed by atoms with Crippen LogP contribution < -0.4 is 9.80 Å². The first-order valence-corrected chi connectivity index (χ1v) is 10.1. The van der Waals surface area contributed by atoms with Crippen LogP contribution in [-0.2, 0) is 0 Å². The summed E-state index contributed by atoms with van der Waals surface area (Å²) in [6.45, 7) is 9.36. The lowest BCUT2D eigenvalue weighted by Gasteiger charge is -2.36. The lowest BCUT2D eigenvalue weighted by molar-refractivity contribution is 0.0741. The first-order valence-electron chi connectivity index (χ1n) is 10.1. The van der Waals surface area contributed by atoms with E-state index in [1.54, 1.807) is 6.20 Å². The highest BCUT2D eigenvalue weighted by atomic mass is 16.2. The maximum atomic E-state index is 13.0. The largest absolute Gasteiger partial charge is 0.369 e. The number of aromatic nitrogens is 1. The van der Waals surface area contributed by atoms with Crippen molar-refractivity contribution in [3.8, 4) is 0 Å². The number of anilines is 2. The Kier molecular flexibility index (Phi) is 5.48. The standard InChI is InChI=1S/C22H29N5O/c1-18-4-3-5-19(16-18)26-12-14-27(15-13-26)22(28)21-17-20(6-7-23-21)25-10-8-24(2)9-11-25/h3-7,16-17H,8-15H2,1-2H3. The van der Waals surface area contributed by atoms with Crippen LogP contribution in [0.2, 0.25) is 0 Å². The van der Waals surface area contributed by atoms with Crippen LogP contribution in [0.4, 0.5) is 11.4 Å². The molecule has 0 bridgehead atoms. The van der Waals surface area contributed by atoms with E-state index in [1.807, 2.05) is 17.0 Å². The average molecular weight is 380 g/mol. The molecular weight excluding hydrogens is 350 g/mol. The Labute approximate surface area is 167 Å². The van der Waals surface area contributed by atoms with Gasteiger partial charge in [0.15, 0.2) is 0 Å². The fraction of sp³-hybridized carbons (Fsp3) is 0.455. The normalized spacial score (nSPS) is 18.4. The number of benzene rings is 1. The molecule has 0 radical (unpaired) electrons. The van der Waals surface area contributed by atoms with Gasteiger partial charge in [0.05, 0.1) is 0 Å². The zero-order chi connectivity index (χ0) is 19.5. The molecular formula is C22H29N5O. The van der Waals surface area contributed by atoms with Gasteiger partial charge >= 0.3 is 0 Å². The minimum Gasteiger partial charge on any atom is -0.369 e. The number of hydrogen-bond acceptors (Lipinski definition) is 5. The lowest BCUT2D eigenvalue weighted by Crippen LogP contribution is -2.49. The lowest BCUT2D eigenvalue weighted by atomic mass is 10.2. The molecule has 0 aliphatic carbocycles. The molecule has 2 aliphatic rings. The fourth-order valence-corrected chi connectivity index (χ4v) is 3.95. The van der Waals surface area contributed by atoms with Crippen molar-refractivity contribution < 1.29 is 4.79 Å². The van der Waals surface area contributed by atoms with Gasteiger partial charge in [-0.05, 0) is 43.8 Å². The number of pyridine rings is 1. The molecule has 0 N–H and O–H groups in total. The predicted molar refractivity (Wildman–Crippen MR) is 113 cm³/mol. The number of nitrogens with zero attached hydrogens (tertiary/aromatic N) is 5. The molecule has 2 aromatic rings. The van der Waals surface area contributed by atoms with Crippen LogP contribution in [0, 0.1) is 6.92 Å². The number of carbonyl (C=O) groups is 1. The smallest absolute Gasteiger partial charge is 0.272 e. The molecule has 6 heteroatoms. The molecule has 6 nitrogen and oxygen atoms in total. The van der Waals surface area contributed by atoms with Crippen LogP contribution in [0.1, 0.15) is 16.1 Å². The Morgan fingerprint density at radius 1 is 0.857 bits per heavy atom. The summed E-state index contributed by atoms with van der Waals surface area (Å²) in [7, 11) is 2.15. The maximum absolute atomic E-state index is 13.0. The maximum Gasteiger partial charge on any atom is 0.272 e. The number of carbonyl (C=O) groups excluding carboxylic acids is 1. The highest BCUT2D eigenvalue weighted by molar-refractivity contribution is 5.93. The van der Waals surface area contributed by atoms with E-state index in [4.69, 9.17) is 0 Å². The molecule has 2 aliphatic heterocycles. The monoisotopic (exact) mass is 379 g/mol. The zero-order valence-electron chi connectivity index (χ0n) is 16.8. The van der Waals surface area contributed by atoms with E-state index < -0.39 is 0 Å². The van der Waals surface area contributed by atoms with Gasteiger partial charge in [0.1, 0.15) is 5.69 Å². The molecule has 0 atom stereocenters. The third kappa shape index (κ3) is 4.12. The van der Waals surface area contributed by atoms with Crippen LogP contribution in [0.15, 0.2) is 42.6 Å². The highest BCUT2D eigenvalue weighted by Gasteiger charge is 2.24. The van der Waals surface area contributed by atoms with Crippen molar-refractivity contribution in [2.75, 3.05) is 69.2 Å². The van der Waals surface area contributed by atoms with E-state index in [-0.39, 0.29) is 5.91 Å². The third-order valence-electron chi connectivity index (χ3n) is 5.76. The molecule has 148 valence electrons. The van der Waals surface area contributed by atoms with E-state index >= 15 is 0 Å². The summed E-state index contributed by atoms with van der Waals surface area (Å²) < 4.78 is 0. The molecule has 1 aromatic carbocycles. The van der Waals surface area contributed by atoms with Crippen LogP contribution in [0.25, 0.3) is 0 Å². The minimum absolute atomic E-state index is 0.0415. The summed E-state index contributed by atoms with van der Waals surface area (Å²) in [6.07, 6.45) is 1.77. The third-order valence-corrected chi connectivity index (χ3v) is 5.76. The van der Waals surface area contributed by atoms with Crippen molar-refractivity contribution in [2.45, 2.75) is 6.92 Å². The second-order valence-electron chi connectivity index (χ2n) is 7.81. The van der Waals surface area contributed by atoms with Crippen LogP contribution in [-0.4, -0.2) is 80.1 Å². The predicted octanol–water partition coefficient (Wildman–Crippen LogP) is 2.10. The van der Waals surface area contributed by atoms with Crippen LogP contribution in [0.5, 0.6) is 0 Å². The molecule has 0 unspecified atom stereocenters. The van der Waals surface area contributed by atoms with Gasteiger partial charge in [-0.3, -0.25) is 9.78 Å². The van der Waals surface area contributed by atoms with Gasteiger partial charge in [0.25, 0.3) is 5.91 Å². The first kappa shape index (κ1) is 18.7. The number of aryl methyl sites for hydroxylation is 1. The average Bonchev–Trinajstić information content (AvgIpc) is 2.74. The Bertz CT molecular complexity index is 823. The number of hydrogen-bond donors (Lipinski definition) is 0. The van der Waals surface area contributed by atoms with E-state index in [1.165, 1.54) is 11.3 Å². The Balaban J connectivity index is 1.39. The molecule has 28 heavy (non-hydrogen) atoms. The first-order chi connectivity index (χ1) is 13.6. The van der Waals surface area contributed by atoms with E-state index in [2.05, 4.69) is 57.9 Å². The molecule has 1 aromatic heterocycles. The van der Waals surface area contributed by atoms with Crippen molar-refractivity contribution in [1.29, 1.82) is 0 Å². The van der Waals surface area contributed by atoms with Gasteiger partial charge in [-0.25, -0.2) is 0 Å². The van der Waals surface area contributed by atoms with Crippen molar-refractivity contribution in [1.82, 2.24) is 14.8 Å². The fourth-order valence-electron chi connectivity index (χ4n) is 3.95. The minimum atomic E-state index is 0.0415. The van der Waals surface area contributed by atoms with E-state index in [0.717, 1.165) is 58.0 Å². The van der Waals surface area contributed by atoms with Gasteiger partial charge in [-0.2, -0.15) is 0 Å². The van der Waals surface area contributed by atoms with Gasteiger partial charge in [-0.1, -0.05) is 12.1 Å². The van der Waals surface area contributed by atoms with E-state index in [0.29, 0.717) is 5.69 Å². The number of likely N-dealkylation sites (N-methyl/N-ethyl adjacent to an activating group) is 1. The molecule has 4 rings (SSSR count). The quantitative estimate of drug-likeness (QED) is 0.817. The highest BCUT2D eigenvalue weighted by Crippen LogP contribution is 2.20. The number of piperazine rings is 2. The Hall–Kier alpha value is -2.60. The summed E-state index contributed by atoms with van der Waals surface area (Å²) in [5.74, 6) is 0.0415. The molecule has 2 saturated heterocycles. The topological polar surface area (TPSA) is 42.9 Å². The second kappa shape index (κ2) is 8.19. The Morgan fingerprint density at radius 2 is 1.50 bits per heavy atom. The van der Waals surface area contributed by atoms with Crippen molar-refractivity contribution >= 4 is 17.3 Å². The van der Waals surface area contributed by atoms with Crippen LogP contribution in [0.3, 0.4) is 0 Å². The van der Waals surface area contributed by atoms with Gasteiger partial charge < -0.3 is 19.6 Å². The van der Waals surface area contributed by atoms with Crippen LogP contribution >= 0.6 is 0 Å². The van der Waals surface area contributed by atoms with Gasteiger partial charge in [0.2, 0.25) is 0 Å². The molecule has 2 fully saturated rings. The Morgan fingerprint density at radius 3 is 2.18 bits per heavy atom. The molecule has 0 spiro atoms. The van der Waals surface area contributed by atoms with E-state index in [9.17, 15) is 4.79 Å². The van der Waals surface area contributed by atoms with Crippen molar-refractivity contribution in [3.05, 3.63) is 53.9 Å². The zero-order valence-corrected chi connectivity index (χ0v) is 16.8. The summed E-state index contributed by atoms with van der Waals surface area (Å²) in [5, 5.41) is 0. The second-order valence-corrected chi connectivity index (χ2v) is 7.81. The van der Waals surface area contributed by atoms with Crippen molar-refractivity contribution in [3.63, 3.8) is 0 Å². The molecule has 3 heterocycles. The van der Waals surface area contributed by atoms with Gasteiger partial charge in [0, 0.05) is 69.9 Å². The summed E-state index contributed by atoms with van der Waals surface area (Å²) in [5.41, 5.74) is 4.16. The number of rotatable bonds is 3. The van der Waals surface area contributed by atoms with Gasteiger partial charge in [-0.15, -0.1) is 0 Å². The summed E-state index contributed by atoms with van der Waals surface area (Å²) in [6, 6.07) is 12.5. The van der Waals surface area contributed by atoms with Crippen molar-refractivity contribution in [2.24, 2.45) is 0 Å². The SMILES string of the molecule is Cc1cccc(N2CCN(C(=O)c3cc(N4CCN(C)CC4)ccn3)CC2)c1. The summed E-state index contributed by atoms with van der Waals surface area (Å²) in [4.78, 5) is 26.3.